The Kier molecular flexibility index (Phi) is 5.91. The first-order valence-electron chi connectivity index (χ1n) is 7.66. The fourth-order valence-corrected chi connectivity index (χ4v) is 2.75. The third kappa shape index (κ3) is 4.84. The molecule has 0 atom stereocenters. The molecule has 3 aromatic rings. The van der Waals surface area contributed by atoms with Crippen LogP contribution in [0.2, 0.25) is 5.02 Å². The molecule has 0 radical (unpaired) electrons. The summed E-state index contributed by atoms with van der Waals surface area (Å²) >= 11 is 9.05. The van der Waals surface area contributed by atoms with Crippen LogP contribution in [-0.2, 0) is 6.61 Å². The van der Waals surface area contributed by atoms with E-state index in [1.165, 1.54) is 24.3 Å². The van der Waals surface area contributed by atoms with E-state index in [0.717, 1.165) is 4.47 Å². The SMILES string of the molecule is O=C(/C=C/c1ccc(COc2ccc(F)c(Cl)c2)o1)c1cccc(Br)c1. The molecule has 0 aliphatic rings. The van der Waals surface area contributed by atoms with Crippen molar-refractivity contribution in [2.75, 3.05) is 0 Å². The zero-order valence-corrected chi connectivity index (χ0v) is 15.8. The lowest BCUT2D eigenvalue weighted by Crippen LogP contribution is -1.94. The number of benzene rings is 2. The van der Waals surface area contributed by atoms with Gasteiger partial charge >= 0.3 is 0 Å². The van der Waals surface area contributed by atoms with Crippen molar-refractivity contribution < 1.29 is 18.3 Å². The number of halogens is 3. The van der Waals surface area contributed by atoms with Crippen molar-refractivity contribution in [2.45, 2.75) is 6.61 Å². The summed E-state index contributed by atoms with van der Waals surface area (Å²) in [6, 6.07) is 14.8. The molecule has 1 heterocycles. The van der Waals surface area contributed by atoms with E-state index >= 15 is 0 Å². The molecule has 0 aliphatic heterocycles. The van der Waals surface area contributed by atoms with Crippen LogP contribution in [-0.4, -0.2) is 5.78 Å². The van der Waals surface area contributed by atoms with E-state index in [0.29, 0.717) is 22.8 Å². The topological polar surface area (TPSA) is 39.4 Å². The largest absolute Gasteiger partial charge is 0.486 e. The van der Waals surface area contributed by atoms with Gasteiger partial charge in [0.05, 0.1) is 5.02 Å². The van der Waals surface area contributed by atoms with Gasteiger partial charge in [0.2, 0.25) is 0 Å². The molecular weight excluding hydrogens is 423 g/mol. The van der Waals surface area contributed by atoms with Crippen molar-refractivity contribution in [1.82, 2.24) is 0 Å². The van der Waals surface area contributed by atoms with Crippen LogP contribution in [0.3, 0.4) is 0 Å². The van der Waals surface area contributed by atoms with Gasteiger partial charge in [0, 0.05) is 16.1 Å². The summed E-state index contributed by atoms with van der Waals surface area (Å²) in [6.45, 7) is 0.162. The number of hydrogen-bond donors (Lipinski definition) is 0. The molecule has 3 rings (SSSR count). The van der Waals surface area contributed by atoms with Crippen molar-refractivity contribution >= 4 is 39.4 Å². The van der Waals surface area contributed by atoms with E-state index in [1.807, 2.05) is 6.07 Å². The molecule has 2 aromatic carbocycles. The molecule has 0 spiro atoms. The number of ether oxygens (including phenoxy) is 1. The summed E-state index contributed by atoms with van der Waals surface area (Å²) in [5.74, 6) is 0.916. The molecule has 6 heteroatoms. The Labute approximate surface area is 163 Å². The van der Waals surface area contributed by atoms with E-state index in [2.05, 4.69) is 15.9 Å². The van der Waals surface area contributed by atoms with Crippen molar-refractivity contribution in [1.29, 1.82) is 0 Å². The second kappa shape index (κ2) is 8.34. The Morgan fingerprint density at radius 1 is 1.19 bits per heavy atom. The molecule has 0 saturated carbocycles. The van der Waals surface area contributed by atoms with E-state index in [4.69, 9.17) is 20.8 Å². The number of ketones is 1. The number of rotatable bonds is 6. The predicted molar refractivity (Wildman–Crippen MR) is 102 cm³/mol. The quantitative estimate of drug-likeness (QED) is 0.336. The molecule has 0 bridgehead atoms. The molecule has 1 aromatic heterocycles. The number of allylic oxidation sites excluding steroid dienone is 1. The third-order valence-electron chi connectivity index (χ3n) is 3.46. The van der Waals surface area contributed by atoms with E-state index in [-0.39, 0.29) is 17.4 Å². The van der Waals surface area contributed by atoms with Gasteiger partial charge in [-0.2, -0.15) is 0 Å². The molecule has 0 N–H and O–H groups in total. The summed E-state index contributed by atoms with van der Waals surface area (Å²) in [6.07, 6.45) is 3.05. The first kappa shape index (κ1) is 18.4. The van der Waals surface area contributed by atoms with Crippen LogP contribution < -0.4 is 4.74 Å². The maximum atomic E-state index is 13.1. The fourth-order valence-electron chi connectivity index (χ4n) is 2.18. The predicted octanol–water partition coefficient (Wildman–Crippen LogP) is 6.31. The van der Waals surface area contributed by atoms with Crippen LogP contribution >= 0.6 is 27.5 Å². The molecule has 3 nitrogen and oxygen atoms in total. The molecule has 26 heavy (non-hydrogen) atoms. The number of hydrogen-bond acceptors (Lipinski definition) is 3. The highest BCUT2D eigenvalue weighted by molar-refractivity contribution is 9.10. The summed E-state index contributed by atoms with van der Waals surface area (Å²) in [5, 5.41) is -0.00312. The summed E-state index contributed by atoms with van der Waals surface area (Å²) in [7, 11) is 0. The summed E-state index contributed by atoms with van der Waals surface area (Å²) in [5.41, 5.74) is 0.582. The van der Waals surface area contributed by atoms with Gasteiger partial charge in [-0.1, -0.05) is 39.7 Å². The molecular formula is C20H13BrClFO3. The van der Waals surface area contributed by atoms with Crippen molar-refractivity contribution in [3.8, 4) is 5.75 Å². The smallest absolute Gasteiger partial charge is 0.186 e. The van der Waals surface area contributed by atoms with Crippen LogP contribution in [0.25, 0.3) is 6.08 Å². The van der Waals surface area contributed by atoms with Gasteiger partial charge in [0.15, 0.2) is 5.78 Å². The molecule has 0 aliphatic carbocycles. The highest BCUT2D eigenvalue weighted by Crippen LogP contribution is 2.22. The Morgan fingerprint density at radius 2 is 2.04 bits per heavy atom. The minimum absolute atomic E-state index is 0.00312. The van der Waals surface area contributed by atoms with Crippen molar-refractivity contribution in [3.63, 3.8) is 0 Å². The van der Waals surface area contributed by atoms with E-state index < -0.39 is 5.82 Å². The molecule has 0 saturated heterocycles. The van der Waals surface area contributed by atoms with Gasteiger partial charge < -0.3 is 9.15 Å². The second-order valence-corrected chi connectivity index (χ2v) is 6.70. The first-order chi connectivity index (χ1) is 12.5. The minimum Gasteiger partial charge on any atom is -0.486 e. The van der Waals surface area contributed by atoms with Crippen molar-refractivity contribution in [2.24, 2.45) is 0 Å². The zero-order valence-electron chi connectivity index (χ0n) is 13.4. The average molecular weight is 436 g/mol. The van der Waals surface area contributed by atoms with Gasteiger partial charge in [-0.15, -0.1) is 0 Å². The highest BCUT2D eigenvalue weighted by Gasteiger charge is 2.06. The molecule has 0 unspecified atom stereocenters. The average Bonchev–Trinajstić information content (AvgIpc) is 3.08. The maximum absolute atomic E-state index is 13.1. The van der Waals surface area contributed by atoms with Crippen molar-refractivity contribution in [3.05, 3.63) is 93.1 Å². The van der Waals surface area contributed by atoms with Crippen LogP contribution in [0.15, 0.2) is 69.6 Å². The van der Waals surface area contributed by atoms with Crippen LogP contribution in [0.5, 0.6) is 5.75 Å². The van der Waals surface area contributed by atoms with E-state index in [1.54, 1.807) is 36.4 Å². The van der Waals surface area contributed by atoms with Gasteiger partial charge in [-0.25, -0.2) is 4.39 Å². The second-order valence-electron chi connectivity index (χ2n) is 5.38. The lowest BCUT2D eigenvalue weighted by Gasteiger charge is -2.04. The van der Waals surface area contributed by atoms with Gasteiger partial charge in [-0.3, -0.25) is 4.79 Å². The number of carbonyl (C=O) groups is 1. The lowest BCUT2D eigenvalue weighted by atomic mass is 10.1. The number of carbonyl (C=O) groups excluding carboxylic acids is 1. The third-order valence-corrected chi connectivity index (χ3v) is 4.25. The minimum atomic E-state index is -0.500. The van der Waals surface area contributed by atoms with Gasteiger partial charge in [0.25, 0.3) is 0 Å². The summed E-state index contributed by atoms with van der Waals surface area (Å²) in [4.78, 5) is 12.1. The zero-order chi connectivity index (χ0) is 18.5. The first-order valence-corrected chi connectivity index (χ1v) is 8.83. The van der Waals surface area contributed by atoms with Crippen LogP contribution in [0.1, 0.15) is 21.9 Å². The fraction of sp³-hybridized carbons (Fsp3) is 0.0500. The molecule has 0 fully saturated rings. The summed E-state index contributed by atoms with van der Waals surface area (Å²) < 4.78 is 25.1. The Morgan fingerprint density at radius 3 is 2.81 bits per heavy atom. The lowest BCUT2D eigenvalue weighted by molar-refractivity contribution is 0.104. The Bertz CT molecular complexity index is 965. The Balaban J connectivity index is 1.60. The highest BCUT2D eigenvalue weighted by atomic mass is 79.9. The maximum Gasteiger partial charge on any atom is 0.186 e. The standard InChI is InChI=1S/C20H13BrClFO3/c21-14-3-1-2-13(10-14)20(24)9-7-15-4-5-17(26-15)12-25-16-6-8-19(23)18(22)11-16/h1-11H,12H2/b9-7+. The Hall–Kier alpha value is -2.37. The molecule has 0 amide bonds. The van der Waals surface area contributed by atoms with Gasteiger partial charge in [0.1, 0.15) is 29.7 Å². The van der Waals surface area contributed by atoms with Gasteiger partial charge in [-0.05, 0) is 48.6 Å². The normalized spacial score (nSPS) is 11.0. The monoisotopic (exact) mass is 434 g/mol. The van der Waals surface area contributed by atoms with E-state index in [9.17, 15) is 9.18 Å². The number of furan rings is 1. The molecule has 132 valence electrons. The van der Waals surface area contributed by atoms with Crippen LogP contribution in [0.4, 0.5) is 4.39 Å². The van der Waals surface area contributed by atoms with Crippen LogP contribution in [0, 0.1) is 5.82 Å².